The van der Waals surface area contributed by atoms with E-state index in [1.54, 1.807) is 0 Å². The highest BCUT2D eigenvalue weighted by Crippen LogP contribution is 2.20. The standard InChI is InChI=1S/C11H23N/c1-3-6-11-7-5-9-12(10-11)8-4-2/h11H,3-10H2,1-2H3. The molecule has 1 atom stereocenters. The first kappa shape index (κ1) is 10.0. The van der Waals surface area contributed by atoms with Crippen molar-refractivity contribution in [2.75, 3.05) is 19.6 Å². The van der Waals surface area contributed by atoms with Crippen molar-refractivity contribution in [1.29, 1.82) is 0 Å². The van der Waals surface area contributed by atoms with Gasteiger partial charge in [0.1, 0.15) is 0 Å². The van der Waals surface area contributed by atoms with Crippen LogP contribution in [-0.4, -0.2) is 24.5 Å². The Morgan fingerprint density at radius 3 is 2.75 bits per heavy atom. The number of hydrogen-bond donors (Lipinski definition) is 0. The van der Waals surface area contributed by atoms with Gasteiger partial charge in [-0.25, -0.2) is 0 Å². The van der Waals surface area contributed by atoms with Crippen LogP contribution >= 0.6 is 0 Å². The van der Waals surface area contributed by atoms with E-state index >= 15 is 0 Å². The van der Waals surface area contributed by atoms with Crippen LogP contribution in [0.3, 0.4) is 0 Å². The third-order valence-electron chi connectivity index (χ3n) is 2.84. The minimum Gasteiger partial charge on any atom is -0.303 e. The van der Waals surface area contributed by atoms with E-state index in [-0.39, 0.29) is 0 Å². The van der Waals surface area contributed by atoms with Crippen LogP contribution in [0.15, 0.2) is 0 Å². The second-order valence-corrected chi connectivity index (χ2v) is 4.10. The fourth-order valence-electron chi connectivity index (χ4n) is 2.31. The zero-order valence-corrected chi connectivity index (χ0v) is 8.68. The third kappa shape index (κ3) is 3.14. The molecule has 0 amide bonds. The molecule has 1 nitrogen and oxygen atoms in total. The predicted molar refractivity (Wildman–Crippen MR) is 54.4 cm³/mol. The zero-order chi connectivity index (χ0) is 8.81. The van der Waals surface area contributed by atoms with Gasteiger partial charge in [-0.3, -0.25) is 0 Å². The third-order valence-corrected chi connectivity index (χ3v) is 2.84. The molecule has 0 N–H and O–H groups in total. The Morgan fingerprint density at radius 2 is 2.08 bits per heavy atom. The summed E-state index contributed by atoms with van der Waals surface area (Å²) in [6.45, 7) is 8.64. The summed E-state index contributed by atoms with van der Waals surface area (Å²) < 4.78 is 0. The molecular weight excluding hydrogens is 146 g/mol. The molecule has 0 aromatic carbocycles. The SMILES string of the molecule is CCCC1CCCN(CCC)C1. The van der Waals surface area contributed by atoms with Crippen LogP contribution in [0.2, 0.25) is 0 Å². The number of nitrogens with zero attached hydrogens (tertiary/aromatic N) is 1. The molecule has 0 radical (unpaired) electrons. The average Bonchev–Trinajstić information content (AvgIpc) is 2.06. The quantitative estimate of drug-likeness (QED) is 0.625. The van der Waals surface area contributed by atoms with Crippen molar-refractivity contribution in [2.45, 2.75) is 46.0 Å². The molecule has 1 fully saturated rings. The summed E-state index contributed by atoms with van der Waals surface area (Å²) in [6.07, 6.45) is 7.04. The van der Waals surface area contributed by atoms with Crippen molar-refractivity contribution >= 4 is 0 Å². The number of likely N-dealkylation sites (tertiary alicyclic amines) is 1. The topological polar surface area (TPSA) is 3.24 Å². The lowest BCUT2D eigenvalue weighted by molar-refractivity contribution is 0.168. The van der Waals surface area contributed by atoms with Crippen LogP contribution in [0, 0.1) is 5.92 Å². The van der Waals surface area contributed by atoms with Gasteiger partial charge in [-0.2, -0.15) is 0 Å². The van der Waals surface area contributed by atoms with Crippen molar-refractivity contribution in [3.63, 3.8) is 0 Å². The molecule has 1 heterocycles. The van der Waals surface area contributed by atoms with Gasteiger partial charge in [0.2, 0.25) is 0 Å². The van der Waals surface area contributed by atoms with E-state index in [4.69, 9.17) is 0 Å². The number of hydrogen-bond acceptors (Lipinski definition) is 1. The molecule has 1 unspecified atom stereocenters. The monoisotopic (exact) mass is 169 g/mol. The van der Waals surface area contributed by atoms with Gasteiger partial charge in [-0.05, 0) is 44.7 Å². The molecule has 0 saturated carbocycles. The van der Waals surface area contributed by atoms with Crippen molar-refractivity contribution in [2.24, 2.45) is 5.92 Å². The molecule has 0 bridgehead atoms. The maximum atomic E-state index is 2.64. The minimum absolute atomic E-state index is 1.01. The Kier molecular flexibility index (Phi) is 4.67. The highest BCUT2D eigenvalue weighted by molar-refractivity contribution is 4.72. The molecule has 1 saturated heterocycles. The van der Waals surface area contributed by atoms with Gasteiger partial charge in [0.15, 0.2) is 0 Å². The molecule has 12 heavy (non-hydrogen) atoms. The number of piperidine rings is 1. The second-order valence-electron chi connectivity index (χ2n) is 4.10. The average molecular weight is 169 g/mol. The molecule has 1 aliphatic heterocycles. The van der Waals surface area contributed by atoms with Crippen LogP contribution in [-0.2, 0) is 0 Å². The fraction of sp³-hybridized carbons (Fsp3) is 1.00. The normalized spacial score (nSPS) is 26.0. The van der Waals surface area contributed by atoms with E-state index in [1.807, 2.05) is 0 Å². The van der Waals surface area contributed by atoms with Crippen LogP contribution < -0.4 is 0 Å². The van der Waals surface area contributed by atoms with Crippen molar-refractivity contribution < 1.29 is 0 Å². The minimum atomic E-state index is 1.01. The summed E-state index contributed by atoms with van der Waals surface area (Å²) in [5, 5.41) is 0. The van der Waals surface area contributed by atoms with Crippen LogP contribution in [0.4, 0.5) is 0 Å². The Hall–Kier alpha value is -0.0400. The number of rotatable bonds is 4. The van der Waals surface area contributed by atoms with Gasteiger partial charge < -0.3 is 4.90 Å². The first-order valence-electron chi connectivity index (χ1n) is 5.59. The molecule has 72 valence electrons. The van der Waals surface area contributed by atoms with Crippen LogP contribution in [0.1, 0.15) is 46.0 Å². The lowest BCUT2D eigenvalue weighted by atomic mass is 9.94. The summed E-state index contributed by atoms with van der Waals surface area (Å²) in [5.41, 5.74) is 0. The first-order valence-corrected chi connectivity index (χ1v) is 5.59. The van der Waals surface area contributed by atoms with Gasteiger partial charge in [-0.15, -0.1) is 0 Å². The summed E-state index contributed by atoms with van der Waals surface area (Å²) in [6, 6.07) is 0. The maximum Gasteiger partial charge on any atom is 0.000966 e. The van der Waals surface area contributed by atoms with Gasteiger partial charge >= 0.3 is 0 Å². The van der Waals surface area contributed by atoms with Crippen LogP contribution in [0.25, 0.3) is 0 Å². The van der Waals surface area contributed by atoms with Crippen molar-refractivity contribution in [3.05, 3.63) is 0 Å². The van der Waals surface area contributed by atoms with E-state index < -0.39 is 0 Å². The van der Waals surface area contributed by atoms with Gasteiger partial charge in [0.05, 0.1) is 0 Å². The molecule has 0 aromatic heterocycles. The molecular formula is C11H23N. The van der Waals surface area contributed by atoms with E-state index in [9.17, 15) is 0 Å². The lowest BCUT2D eigenvalue weighted by Crippen LogP contribution is -2.35. The Balaban J connectivity index is 2.20. The zero-order valence-electron chi connectivity index (χ0n) is 8.68. The van der Waals surface area contributed by atoms with E-state index in [1.165, 1.54) is 51.7 Å². The smallest absolute Gasteiger partial charge is 0.000966 e. The van der Waals surface area contributed by atoms with Gasteiger partial charge in [0, 0.05) is 6.54 Å². The highest BCUT2D eigenvalue weighted by Gasteiger charge is 2.17. The maximum absolute atomic E-state index is 2.64. The molecule has 1 aliphatic rings. The van der Waals surface area contributed by atoms with E-state index in [0.29, 0.717) is 0 Å². The summed E-state index contributed by atoms with van der Waals surface area (Å²) in [7, 11) is 0. The molecule has 0 aromatic rings. The van der Waals surface area contributed by atoms with Crippen molar-refractivity contribution in [3.8, 4) is 0 Å². The van der Waals surface area contributed by atoms with E-state index in [2.05, 4.69) is 18.7 Å². The summed E-state index contributed by atoms with van der Waals surface area (Å²) in [4.78, 5) is 2.64. The molecule has 1 rings (SSSR count). The largest absolute Gasteiger partial charge is 0.303 e. The Morgan fingerprint density at radius 1 is 1.25 bits per heavy atom. The van der Waals surface area contributed by atoms with Gasteiger partial charge in [0.25, 0.3) is 0 Å². The van der Waals surface area contributed by atoms with Gasteiger partial charge in [-0.1, -0.05) is 20.3 Å². The predicted octanol–water partition coefficient (Wildman–Crippen LogP) is 2.91. The second kappa shape index (κ2) is 5.58. The fourth-order valence-corrected chi connectivity index (χ4v) is 2.31. The Labute approximate surface area is 77.1 Å². The van der Waals surface area contributed by atoms with E-state index in [0.717, 1.165) is 5.92 Å². The summed E-state index contributed by atoms with van der Waals surface area (Å²) in [5.74, 6) is 1.01. The van der Waals surface area contributed by atoms with Crippen molar-refractivity contribution in [1.82, 2.24) is 4.90 Å². The highest BCUT2D eigenvalue weighted by atomic mass is 15.1. The first-order chi connectivity index (χ1) is 5.86. The summed E-state index contributed by atoms with van der Waals surface area (Å²) >= 11 is 0. The molecule has 1 heteroatoms. The molecule has 0 aliphatic carbocycles. The molecule has 0 spiro atoms. The Bertz CT molecular complexity index is 95.6. The lowest BCUT2D eigenvalue weighted by Gasteiger charge is -2.32. The van der Waals surface area contributed by atoms with Crippen LogP contribution in [0.5, 0.6) is 0 Å².